The molecule has 2 aromatic rings. The normalized spacial score (nSPS) is 10.8. The summed E-state index contributed by atoms with van der Waals surface area (Å²) in [5.41, 5.74) is 1.73. The lowest BCUT2D eigenvalue weighted by Gasteiger charge is -2.19. The van der Waals surface area contributed by atoms with Crippen molar-refractivity contribution in [1.29, 1.82) is 5.26 Å². The molecule has 0 atom stereocenters. The summed E-state index contributed by atoms with van der Waals surface area (Å²) < 4.78 is 5.75. The highest BCUT2D eigenvalue weighted by Crippen LogP contribution is 2.29. The minimum atomic E-state index is 0.0619. The Morgan fingerprint density at radius 2 is 2.00 bits per heavy atom. The van der Waals surface area contributed by atoms with E-state index in [1.165, 1.54) is 5.56 Å². The standard InChI is InChI=1S/C16H16N2O/c1-16(2,3)13-5-4-6-14(9-13)19-15-11-18-8-7-12(15)10-17/h4-9,11H,1-3H3. The smallest absolute Gasteiger partial charge is 0.163 e. The maximum Gasteiger partial charge on any atom is 0.163 e. The molecule has 0 N–H and O–H groups in total. The van der Waals surface area contributed by atoms with E-state index in [0.29, 0.717) is 11.3 Å². The lowest BCUT2D eigenvalue weighted by atomic mass is 9.87. The van der Waals surface area contributed by atoms with Crippen LogP contribution in [0.15, 0.2) is 42.7 Å². The molecule has 1 aromatic carbocycles. The molecular formula is C16H16N2O. The highest BCUT2D eigenvalue weighted by atomic mass is 16.5. The summed E-state index contributed by atoms with van der Waals surface area (Å²) in [7, 11) is 0. The number of ether oxygens (including phenoxy) is 1. The Bertz CT molecular complexity index is 621. The van der Waals surface area contributed by atoms with E-state index in [4.69, 9.17) is 10.00 Å². The van der Waals surface area contributed by atoms with Gasteiger partial charge in [-0.15, -0.1) is 0 Å². The average Bonchev–Trinajstić information content (AvgIpc) is 2.39. The molecule has 0 spiro atoms. The third-order valence-electron chi connectivity index (χ3n) is 2.83. The Labute approximate surface area is 113 Å². The Balaban J connectivity index is 2.32. The van der Waals surface area contributed by atoms with Crippen molar-refractivity contribution in [3.05, 3.63) is 53.9 Å². The second-order valence-corrected chi connectivity index (χ2v) is 5.36. The fourth-order valence-corrected chi connectivity index (χ4v) is 1.71. The van der Waals surface area contributed by atoms with Crippen molar-refractivity contribution < 1.29 is 4.74 Å². The number of nitrogens with zero attached hydrogens (tertiary/aromatic N) is 2. The SMILES string of the molecule is CC(C)(C)c1cccc(Oc2cnccc2C#N)c1. The number of benzene rings is 1. The molecule has 1 aromatic heterocycles. The van der Waals surface area contributed by atoms with Crippen LogP contribution >= 0.6 is 0 Å². The van der Waals surface area contributed by atoms with Crippen LogP contribution in [-0.4, -0.2) is 4.98 Å². The number of aromatic nitrogens is 1. The zero-order valence-electron chi connectivity index (χ0n) is 11.3. The lowest BCUT2D eigenvalue weighted by molar-refractivity contribution is 0.475. The molecule has 0 saturated heterocycles. The summed E-state index contributed by atoms with van der Waals surface area (Å²) in [6.07, 6.45) is 3.14. The van der Waals surface area contributed by atoms with Crippen LogP contribution in [0.5, 0.6) is 11.5 Å². The first-order valence-corrected chi connectivity index (χ1v) is 6.13. The molecular weight excluding hydrogens is 236 g/mol. The van der Waals surface area contributed by atoms with Crippen molar-refractivity contribution in [1.82, 2.24) is 4.98 Å². The minimum Gasteiger partial charge on any atom is -0.454 e. The molecule has 0 unspecified atom stereocenters. The summed E-state index contributed by atoms with van der Waals surface area (Å²) >= 11 is 0. The maximum atomic E-state index is 9.02. The first-order valence-electron chi connectivity index (χ1n) is 6.13. The minimum absolute atomic E-state index is 0.0619. The van der Waals surface area contributed by atoms with Crippen LogP contribution in [0.4, 0.5) is 0 Å². The van der Waals surface area contributed by atoms with E-state index in [9.17, 15) is 0 Å². The first-order chi connectivity index (χ1) is 9.00. The van der Waals surface area contributed by atoms with Crippen molar-refractivity contribution in [2.75, 3.05) is 0 Å². The van der Waals surface area contributed by atoms with Gasteiger partial charge >= 0.3 is 0 Å². The number of nitriles is 1. The highest BCUT2D eigenvalue weighted by Gasteiger charge is 2.14. The molecule has 19 heavy (non-hydrogen) atoms. The molecule has 1 heterocycles. The molecule has 0 aliphatic rings. The van der Waals surface area contributed by atoms with E-state index >= 15 is 0 Å². The van der Waals surface area contributed by atoms with Gasteiger partial charge < -0.3 is 4.74 Å². The Morgan fingerprint density at radius 3 is 2.68 bits per heavy atom. The van der Waals surface area contributed by atoms with Crippen molar-refractivity contribution >= 4 is 0 Å². The van der Waals surface area contributed by atoms with E-state index in [1.807, 2.05) is 18.2 Å². The molecule has 0 amide bonds. The van der Waals surface area contributed by atoms with Crippen LogP contribution < -0.4 is 4.74 Å². The predicted molar refractivity (Wildman–Crippen MR) is 74.2 cm³/mol. The number of hydrogen-bond acceptors (Lipinski definition) is 3. The fourth-order valence-electron chi connectivity index (χ4n) is 1.71. The van der Waals surface area contributed by atoms with E-state index in [-0.39, 0.29) is 5.41 Å². The van der Waals surface area contributed by atoms with Gasteiger partial charge in [0.1, 0.15) is 11.8 Å². The van der Waals surface area contributed by atoms with E-state index < -0.39 is 0 Å². The third kappa shape index (κ3) is 3.11. The second-order valence-electron chi connectivity index (χ2n) is 5.36. The Hall–Kier alpha value is -2.34. The van der Waals surface area contributed by atoms with Crippen LogP contribution in [0.1, 0.15) is 31.9 Å². The predicted octanol–water partition coefficient (Wildman–Crippen LogP) is 4.04. The zero-order valence-corrected chi connectivity index (χ0v) is 11.3. The molecule has 0 radical (unpaired) electrons. The Morgan fingerprint density at radius 1 is 1.21 bits per heavy atom. The van der Waals surface area contributed by atoms with Gasteiger partial charge in [-0.2, -0.15) is 5.26 Å². The fraction of sp³-hybridized carbons (Fsp3) is 0.250. The van der Waals surface area contributed by atoms with Crippen LogP contribution in [-0.2, 0) is 5.41 Å². The summed E-state index contributed by atoms with van der Waals surface area (Å²) in [6.45, 7) is 6.45. The lowest BCUT2D eigenvalue weighted by Crippen LogP contribution is -2.10. The van der Waals surface area contributed by atoms with Gasteiger partial charge in [0.05, 0.1) is 11.8 Å². The molecule has 2 rings (SSSR count). The first kappa shape index (κ1) is 13.1. The number of hydrogen-bond donors (Lipinski definition) is 0. The van der Waals surface area contributed by atoms with Gasteiger partial charge in [0, 0.05) is 6.20 Å². The van der Waals surface area contributed by atoms with Gasteiger partial charge in [0.2, 0.25) is 0 Å². The molecule has 0 aliphatic heterocycles. The molecule has 0 bridgehead atoms. The molecule has 3 nitrogen and oxygen atoms in total. The van der Waals surface area contributed by atoms with Crippen LogP contribution in [0.25, 0.3) is 0 Å². The van der Waals surface area contributed by atoms with Crippen molar-refractivity contribution in [3.8, 4) is 17.6 Å². The molecule has 0 saturated carbocycles. The second kappa shape index (κ2) is 5.11. The molecule has 0 aliphatic carbocycles. The topological polar surface area (TPSA) is 45.9 Å². The van der Waals surface area contributed by atoms with E-state index in [0.717, 1.165) is 5.75 Å². The van der Waals surface area contributed by atoms with Gasteiger partial charge in [-0.25, -0.2) is 0 Å². The van der Waals surface area contributed by atoms with Gasteiger partial charge in [-0.3, -0.25) is 4.98 Å². The van der Waals surface area contributed by atoms with Crippen molar-refractivity contribution in [2.24, 2.45) is 0 Å². The highest BCUT2D eigenvalue weighted by molar-refractivity contribution is 5.44. The number of rotatable bonds is 2. The van der Waals surface area contributed by atoms with Crippen molar-refractivity contribution in [3.63, 3.8) is 0 Å². The largest absolute Gasteiger partial charge is 0.454 e. The summed E-state index contributed by atoms with van der Waals surface area (Å²) in [4.78, 5) is 3.98. The quantitative estimate of drug-likeness (QED) is 0.810. The molecule has 0 fully saturated rings. The van der Waals surface area contributed by atoms with Gasteiger partial charge in [0.25, 0.3) is 0 Å². The summed E-state index contributed by atoms with van der Waals surface area (Å²) in [5.74, 6) is 1.20. The molecule has 96 valence electrons. The van der Waals surface area contributed by atoms with E-state index in [1.54, 1.807) is 18.5 Å². The monoisotopic (exact) mass is 252 g/mol. The Kier molecular flexibility index (Phi) is 3.52. The third-order valence-corrected chi connectivity index (χ3v) is 2.83. The van der Waals surface area contributed by atoms with Crippen LogP contribution in [0.2, 0.25) is 0 Å². The molecule has 3 heteroatoms. The van der Waals surface area contributed by atoms with Crippen LogP contribution in [0.3, 0.4) is 0 Å². The van der Waals surface area contributed by atoms with Crippen molar-refractivity contribution in [2.45, 2.75) is 26.2 Å². The zero-order chi connectivity index (χ0) is 13.9. The van der Waals surface area contributed by atoms with Gasteiger partial charge in [0.15, 0.2) is 5.75 Å². The average molecular weight is 252 g/mol. The van der Waals surface area contributed by atoms with Gasteiger partial charge in [-0.05, 0) is 29.2 Å². The summed E-state index contributed by atoms with van der Waals surface area (Å²) in [5, 5.41) is 9.02. The number of pyridine rings is 1. The van der Waals surface area contributed by atoms with Crippen LogP contribution in [0, 0.1) is 11.3 Å². The van der Waals surface area contributed by atoms with E-state index in [2.05, 4.69) is 37.9 Å². The van der Waals surface area contributed by atoms with Gasteiger partial charge in [-0.1, -0.05) is 32.9 Å². The maximum absolute atomic E-state index is 9.02. The summed E-state index contributed by atoms with van der Waals surface area (Å²) in [6, 6.07) is 11.6.